The van der Waals surface area contributed by atoms with E-state index in [9.17, 15) is 4.79 Å². The van der Waals surface area contributed by atoms with Gasteiger partial charge in [-0.1, -0.05) is 0 Å². The van der Waals surface area contributed by atoms with E-state index < -0.39 is 0 Å². The minimum Gasteiger partial charge on any atom is -0.340 e. The minimum absolute atomic E-state index is 0.217. The molecule has 1 heterocycles. The molecule has 1 amide bonds. The van der Waals surface area contributed by atoms with Gasteiger partial charge in [0.2, 0.25) is 5.91 Å². The molecule has 0 atom stereocenters. The Bertz CT molecular complexity index is 321. The largest absolute Gasteiger partial charge is 0.340 e. The van der Waals surface area contributed by atoms with Crippen LogP contribution < -0.4 is 5.73 Å². The van der Waals surface area contributed by atoms with Crippen molar-refractivity contribution in [2.24, 2.45) is 11.7 Å². The molecule has 0 aromatic rings. The van der Waals surface area contributed by atoms with Gasteiger partial charge in [0.15, 0.2) is 0 Å². The summed E-state index contributed by atoms with van der Waals surface area (Å²) in [5.41, 5.74) is 6.14. The van der Waals surface area contributed by atoms with Crippen molar-refractivity contribution < 1.29 is 4.79 Å². The highest BCUT2D eigenvalue weighted by Gasteiger charge is 2.29. The number of piperazine rings is 1. The molecule has 2 N–H and O–H groups in total. The number of hydrogen-bond donors (Lipinski definition) is 1. The zero-order chi connectivity index (χ0) is 14.8. The molecule has 4 heteroatoms. The first-order chi connectivity index (χ1) is 9.36. The van der Waals surface area contributed by atoms with Crippen LogP contribution in [-0.2, 0) is 4.79 Å². The number of amides is 1. The quantitative estimate of drug-likeness (QED) is 0.840. The van der Waals surface area contributed by atoms with Crippen molar-refractivity contribution in [1.29, 1.82) is 0 Å². The van der Waals surface area contributed by atoms with Crippen LogP contribution in [0.15, 0.2) is 0 Å². The number of rotatable bonds is 2. The lowest BCUT2D eigenvalue weighted by Gasteiger charge is -2.42. The third-order valence-corrected chi connectivity index (χ3v) is 4.94. The molecule has 116 valence electrons. The molecule has 2 rings (SSSR count). The number of carbonyl (C=O) groups is 1. The predicted molar refractivity (Wildman–Crippen MR) is 82.5 cm³/mol. The average Bonchev–Trinajstić information content (AvgIpc) is 2.40. The summed E-state index contributed by atoms with van der Waals surface area (Å²) in [5.74, 6) is 0.932. The zero-order valence-corrected chi connectivity index (χ0v) is 13.4. The van der Waals surface area contributed by atoms with E-state index in [1.165, 1.54) is 0 Å². The molecule has 4 nitrogen and oxygen atoms in total. The summed E-state index contributed by atoms with van der Waals surface area (Å²) in [7, 11) is 0. The molecule has 1 aliphatic carbocycles. The van der Waals surface area contributed by atoms with E-state index in [1.807, 2.05) is 0 Å². The average molecular weight is 281 g/mol. The summed E-state index contributed by atoms with van der Waals surface area (Å²) in [4.78, 5) is 16.9. The van der Waals surface area contributed by atoms with Crippen molar-refractivity contribution in [2.45, 2.75) is 64.5 Å². The van der Waals surface area contributed by atoms with E-state index in [4.69, 9.17) is 5.73 Å². The highest BCUT2D eigenvalue weighted by atomic mass is 16.2. The third kappa shape index (κ3) is 4.19. The maximum atomic E-state index is 12.4. The number of carbonyl (C=O) groups excluding carboxylic acids is 1. The molecule has 0 radical (unpaired) electrons. The van der Waals surface area contributed by atoms with Crippen molar-refractivity contribution in [3.05, 3.63) is 0 Å². The van der Waals surface area contributed by atoms with Crippen molar-refractivity contribution in [2.75, 3.05) is 26.2 Å². The van der Waals surface area contributed by atoms with Crippen molar-refractivity contribution in [3.8, 4) is 0 Å². The predicted octanol–water partition coefficient (Wildman–Crippen LogP) is 1.84. The summed E-state index contributed by atoms with van der Waals surface area (Å²) in [6, 6.07) is 0.372. The van der Waals surface area contributed by atoms with E-state index in [2.05, 4.69) is 30.6 Å². The fraction of sp³-hybridized carbons (Fsp3) is 0.938. The Hall–Kier alpha value is -0.610. The van der Waals surface area contributed by atoms with Gasteiger partial charge >= 0.3 is 0 Å². The molecule has 1 saturated heterocycles. The summed E-state index contributed by atoms with van der Waals surface area (Å²) in [5, 5.41) is 0. The normalized spacial score (nSPS) is 29.5. The molecule has 0 aromatic carbocycles. The molecular formula is C16H31N3O. The van der Waals surface area contributed by atoms with Crippen LogP contribution in [0.3, 0.4) is 0 Å². The molecule has 0 unspecified atom stereocenters. The van der Waals surface area contributed by atoms with Crippen molar-refractivity contribution in [3.63, 3.8) is 0 Å². The molecule has 1 saturated carbocycles. The van der Waals surface area contributed by atoms with Crippen LogP contribution in [0.2, 0.25) is 0 Å². The molecule has 2 fully saturated rings. The molecule has 1 aliphatic heterocycles. The van der Waals surface area contributed by atoms with Crippen LogP contribution in [-0.4, -0.2) is 53.5 Å². The summed E-state index contributed by atoms with van der Waals surface area (Å²) in [6.07, 6.45) is 5.19. The van der Waals surface area contributed by atoms with E-state index >= 15 is 0 Å². The van der Waals surface area contributed by atoms with Gasteiger partial charge in [-0.15, -0.1) is 0 Å². The van der Waals surface area contributed by atoms with Gasteiger partial charge in [0.1, 0.15) is 0 Å². The first kappa shape index (κ1) is 15.8. The van der Waals surface area contributed by atoms with Gasteiger partial charge in [-0.25, -0.2) is 0 Å². The van der Waals surface area contributed by atoms with E-state index in [0.717, 1.165) is 58.3 Å². The van der Waals surface area contributed by atoms with Crippen LogP contribution in [0.25, 0.3) is 0 Å². The summed E-state index contributed by atoms with van der Waals surface area (Å²) >= 11 is 0. The first-order valence-corrected chi connectivity index (χ1v) is 8.14. The molecule has 0 aromatic heterocycles. The van der Waals surface area contributed by atoms with E-state index in [0.29, 0.717) is 17.9 Å². The second-order valence-electron chi connectivity index (χ2n) is 7.52. The maximum Gasteiger partial charge on any atom is 0.222 e. The standard InChI is InChI=1S/C16H31N3O/c1-16(2,3)19-10-8-18(9-11-19)15(20)12-13-4-6-14(17)7-5-13/h13-14H,4-12,17H2,1-3H3. The highest BCUT2D eigenvalue weighted by Crippen LogP contribution is 2.27. The molecule has 2 aliphatic rings. The van der Waals surface area contributed by atoms with Crippen molar-refractivity contribution >= 4 is 5.91 Å². The maximum absolute atomic E-state index is 12.4. The number of hydrogen-bond acceptors (Lipinski definition) is 3. The topological polar surface area (TPSA) is 49.6 Å². The van der Waals surface area contributed by atoms with Gasteiger partial charge < -0.3 is 10.6 Å². The Balaban J connectivity index is 1.75. The number of nitrogens with two attached hydrogens (primary N) is 1. The smallest absolute Gasteiger partial charge is 0.222 e. The fourth-order valence-electron chi connectivity index (χ4n) is 3.40. The second-order valence-corrected chi connectivity index (χ2v) is 7.52. The van der Waals surface area contributed by atoms with Gasteiger partial charge in [0.05, 0.1) is 0 Å². The Morgan fingerprint density at radius 1 is 1.05 bits per heavy atom. The van der Waals surface area contributed by atoms with E-state index in [-0.39, 0.29) is 5.54 Å². The fourth-order valence-corrected chi connectivity index (χ4v) is 3.40. The Labute approximate surface area is 123 Å². The van der Waals surface area contributed by atoms with Gasteiger partial charge in [0.25, 0.3) is 0 Å². The van der Waals surface area contributed by atoms with Crippen LogP contribution in [0.1, 0.15) is 52.9 Å². The minimum atomic E-state index is 0.217. The third-order valence-electron chi connectivity index (χ3n) is 4.94. The Morgan fingerprint density at radius 3 is 2.10 bits per heavy atom. The molecule has 0 bridgehead atoms. The van der Waals surface area contributed by atoms with Crippen LogP contribution in [0.5, 0.6) is 0 Å². The monoisotopic (exact) mass is 281 g/mol. The zero-order valence-electron chi connectivity index (χ0n) is 13.4. The molecule has 20 heavy (non-hydrogen) atoms. The SMILES string of the molecule is CC(C)(C)N1CCN(C(=O)CC2CCC(N)CC2)CC1. The van der Waals surface area contributed by atoms with Crippen molar-refractivity contribution in [1.82, 2.24) is 9.80 Å². The summed E-state index contributed by atoms with van der Waals surface area (Å²) in [6.45, 7) is 10.5. The first-order valence-electron chi connectivity index (χ1n) is 8.14. The van der Waals surface area contributed by atoms with Crippen LogP contribution in [0, 0.1) is 5.92 Å². The van der Waals surface area contributed by atoms with Gasteiger partial charge in [-0.3, -0.25) is 9.69 Å². The van der Waals surface area contributed by atoms with Crippen LogP contribution in [0.4, 0.5) is 0 Å². The molecule has 0 spiro atoms. The lowest BCUT2D eigenvalue weighted by molar-refractivity contribution is -0.135. The molecular weight excluding hydrogens is 250 g/mol. The van der Waals surface area contributed by atoms with E-state index in [1.54, 1.807) is 0 Å². The lowest BCUT2D eigenvalue weighted by Crippen LogP contribution is -2.54. The van der Waals surface area contributed by atoms with Crippen LogP contribution >= 0.6 is 0 Å². The summed E-state index contributed by atoms with van der Waals surface area (Å²) < 4.78 is 0. The second kappa shape index (κ2) is 6.44. The lowest BCUT2D eigenvalue weighted by atomic mass is 9.84. The van der Waals surface area contributed by atoms with Gasteiger partial charge in [-0.05, 0) is 52.4 Å². The Kier molecular flexibility index (Phi) is 5.08. The van der Waals surface area contributed by atoms with Gasteiger partial charge in [0, 0.05) is 44.2 Å². The van der Waals surface area contributed by atoms with Gasteiger partial charge in [-0.2, -0.15) is 0 Å². The number of nitrogens with zero attached hydrogens (tertiary/aromatic N) is 2. The Morgan fingerprint density at radius 2 is 1.60 bits per heavy atom. The highest BCUT2D eigenvalue weighted by molar-refractivity contribution is 5.76.